The van der Waals surface area contributed by atoms with Crippen LogP contribution < -0.4 is 10.1 Å². The molecule has 3 N–H and O–H groups in total. The highest BCUT2D eigenvalue weighted by Crippen LogP contribution is 2.25. The molecule has 7 heteroatoms. The number of hydrogen-bond acceptors (Lipinski definition) is 4. The van der Waals surface area contributed by atoms with Gasteiger partial charge in [0.1, 0.15) is 5.75 Å². The molecule has 21 heavy (non-hydrogen) atoms. The van der Waals surface area contributed by atoms with Crippen molar-refractivity contribution >= 4 is 27.8 Å². The molecule has 0 aliphatic rings. The van der Waals surface area contributed by atoms with Crippen LogP contribution in [0.15, 0.2) is 22.7 Å². The number of carboxylic acids is 1. The molecule has 0 aromatic heterocycles. The maximum atomic E-state index is 11.6. The average molecular weight is 360 g/mol. The van der Waals surface area contributed by atoms with Gasteiger partial charge < -0.3 is 20.3 Å². The van der Waals surface area contributed by atoms with Crippen LogP contribution in [0.1, 0.15) is 18.9 Å². The van der Waals surface area contributed by atoms with E-state index in [1.165, 1.54) is 0 Å². The van der Waals surface area contributed by atoms with E-state index in [-0.39, 0.29) is 18.9 Å². The highest BCUT2D eigenvalue weighted by atomic mass is 79.9. The van der Waals surface area contributed by atoms with Gasteiger partial charge in [0, 0.05) is 6.42 Å². The quantitative estimate of drug-likeness (QED) is 0.682. The molecule has 0 aliphatic heterocycles. The van der Waals surface area contributed by atoms with Crippen LogP contribution in [0.4, 0.5) is 0 Å². The van der Waals surface area contributed by atoms with Crippen LogP contribution in [0.5, 0.6) is 5.75 Å². The Morgan fingerprint density at radius 3 is 2.62 bits per heavy atom. The van der Waals surface area contributed by atoms with Crippen molar-refractivity contribution in [3.63, 3.8) is 0 Å². The Morgan fingerprint density at radius 2 is 2.10 bits per heavy atom. The topological polar surface area (TPSA) is 95.9 Å². The number of methoxy groups -OCH3 is 1. The number of aliphatic carboxylic acids is 1. The molecule has 116 valence electrons. The number of carboxylic acid groups (broad SMARTS) is 1. The molecule has 0 saturated carbocycles. The van der Waals surface area contributed by atoms with E-state index < -0.39 is 11.6 Å². The van der Waals surface area contributed by atoms with Crippen molar-refractivity contribution in [3.8, 4) is 5.75 Å². The van der Waals surface area contributed by atoms with Crippen LogP contribution in [0, 0.1) is 0 Å². The molecule has 1 aromatic rings. The van der Waals surface area contributed by atoms with E-state index in [9.17, 15) is 14.7 Å². The van der Waals surface area contributed by atoms with Crippen molar-refractivity contribution in [2.45, 2.75) is 25.4 Å². The predicted molar refractivity (Wildman–Crippen MR) is 80.3 cm³/mol. The standard InChI is InChI=1S/C14H18BrNO5/c1-14(20,13(18)19)8-16-12(17)6-4-9-3-5-11(21-2)10(15)7-9/h3,5,7,20H,4,6,8H2,1-2H3,(H,16,17)(H,18,19). The fourth-order valence-corrected chi connectivity index (χ4v) is 2.15. The summed E-state index contributed by atoms with van der Waals surface area (Å²) in [6, 6.07) is 5.51. The molecule has 0 heterocycles. The molecule has 0 aliphatic carbocycles. The van der Waals surface area contributed by atoms with Gasteiger partial charge in [0.2, 0.25) is 5.91 Å². The largest absolute Gasteiger partial charge is 0.496 e. The van der Waals surface area contributed by atoms with Crippen LogP contribution in [0.2, 0.25) is 0 Å². The van der Waals surface area contributed by atoms with Gasteiger partial charge in [-0.3, -0.25) is 4.79 Å². The van der Waals surface area contributed by atoms with Crippen molar-refractivity contribution in [1.29, 1.82) is 0 Å². The van der Waals surface area contributed by atoms with Gasteiger partial charge in [0.05, 0.1) is 18.1 Å². The molecule has 1 amide bonds. The van der Waals surface area contributed by atoms with Gasteiger partial charge in [-0.15, -0.1) is 0 Å². The van der Waals surface area contributed by atoms with Crippen molar-refractivity contribution in [2.24, 2.45) is 0 Å². The lowest BCUT2D eigenvalue weighted by molar-refractivity contribution is -0.156. The number of carbonyl (C=O) groups excluding carboxylic acids is 1. The second kappa shape index (κ2) is 7.42. The van der Waals surface area contributed by atoms with Crippen LogP contribution in [-0.2, 0) is 16.0 Å². The Kier molecular flexibility index (Phi) is 6.17. The maximum Gasteiger partial charge on any atom is 0.337 e. The van der Waals surface area contributed by atoms with E-state index in [0.29, 0.717) is 12.2 Å². The van der Waals surface area contributed by atoms with Crippen LogP contribution in [0.3, 0.4) is 0 Å². The zero-order valence-electron chi connectivity index (χ0n) is 11.9. The summed E-state index contributed by atoms with van der Waals surface area (Å²) in [6.07, 6.45) is 0.706. The van der Waals surface area contributed by atoms with E-state index in [2.05, 4.69) is 21.2 Å². The van der Waals surface area contributed by atoms with Gasteiger partial charge in [-0.25, -0.2) is 4.79 Å². The zero-order valence-corrected chi connectivity index (χ0v) is 13.4. The molecular weight excluding hydrogens is 342 g/mol. The number of rotatable bonds is 7. The van der Waals surface area contributed by atoms with Gasteiger partial charge in [0.15, 0.2) is 5.60 Å². The molecule has 0 radical (unpaired) electrons. The summed E-state index contributed by atoms with van der Waals surface area (Å²) in [5.41, 5.74) is -1.01. The van der Waals surface area contributed by atoms with Crippen LogP contribution >= 0.6 is 15.9 Å². The Hall–Kier alpha value is -1.60. The number of aryl methyl sites for hydroxylation is 1. The van der Waals surface area contributed by atoms with Crippen LogP contribution in [0.25, 0.3) is 0 Å². The number of halogens is 1. The first-order chi connectivity index (χ1) is 9.76. The summed E-state index contributed by atoms with van der Waals surface area (Å²) >= 11 is 3.36. The van der Waals surface area contributed by atoms with E-state index >= 15 is 0 Å². The van der Waals surface area contributed by atoms with Gasteiger partial charge >= 0.3 is 5.97 Å². The molecule has 0 fully saturated rings. The van der Waals surface area contributed by atoms with Gasteiger partial charge in [0.25, 0.3) is 0 Å². The first-order valence-corrected chi connectivity index (χ1v) is 7.10. The molecule has 1 aromatic carbocycles. The van der Waals surface area contributed by atoms with Crippen molar-refractivity contribution in [2.75, 3.05) is 13.7 Å². The predicted octanol–water partition coefficient (Wildman–Crippen LogP) is 1.34. The van der Waals surface area contributed by atoms with E-state index in [0.717, 1.165) is 17.0 Å². The second-order valence-electron chi connectivity index (χ2n) is 4.82. The zero-order chi connectivity index (χ0) is 16.0. The maximum absolute atomic E-state index is 11.6. The minimum absolute atomic E-state index is 0.203. The Balaban J connectivity index is 2.47. The van der Waals surface area contributed by atoms with Crippen molar-refractivity contribution in [3.05, 3.63) is 28.2 Å². The number of benzene rings is 1. The van der Waals surface area contributed by atoms with E-state index in [1.807, 2.05) is 12.1 Å². The lowest BCUT2D eigenvalue weighted by atomic mass is 10.1. The SMILES string of the molecule is COc1ccc(CCC(=O)NCC(C)(O)C(=O)O)cc1Br. The highest BCUT2D eigenvalue weighted by molar-refractivity contribution is 9.10. The minimum atomic E-state index is -1.96. The molecule has 6 nitrogen and oxygen atoms in total. The smallest absolute Gasteiger partial charge is 0.337 e. The number of hydrogen-bond donors (Lipinski definition) is 3. The van der Waals surface area contributed by atoms with Crippen molar-refractivity contribution < 1.29 is 24.5 Å². The average Bonchev–Trinajstić information content (AvgIpc) is 2.43. The normalized spacial score (nSPS) is 13.3. The summed E-state index contributed by atoms with van der Waals surface area (Å²) < 4.78 is 5.92. The highest BCUT2D eigenvalue weighted by Gasteiger charge is 2.30. The van der Waals surface area contributed by atoms with Gasteiger partial charge in [-0.2, -0.15) is 0 Å². The molecule has 0 saturated heterocycles. The molecule has 1 unspecified atom stereocenters. The van der Waals surface area contributed by atoms with Gasteiger partial charge in [-0.1, -0.05) is 6.07 Å². The Labute approximate surface area is 131 Å². The number of carbonyl (C=O) groups is 2. The molecule has 1 atom stereocenters. The number of nitrogens with one attached hydrogen (secondary N) is 1. The first-order valence-electron chi connectivity index (χ1n) is 6.31. The van der Waals surface area contributed by atoms with Crippen LogP contribution in [-0.4, -0.2) is 41.3 Å². The fourth-order valence-electron chi connectivity index (χ4n) is 1.56. The number of amides is 1. The third-order valence-electron chi connectivity index (χ3n) is 2.95. The Bertz CT molecular complexity index is 530. The molecular formula is C14H18BrNO5. The lowest BCUT2D eigenvalue weighted by Gasteiger charge is -2.18. The summed E-state index contributed by atoms with van der Waals surface area (Å²) in [4.78, 5) is 22.3. The summed E-state index contributed by atoms with van der Waals surface area (Å²) in [7, 11) is 1.57. The number of ether oxygens (including phenoxy) is 1. The summed E-state index contributed by atoms with van der Waals surface area (Å²) in [5.74, 6) is -0.981. The van der Waals surface area contributed by atoms with Gasteiger partial charge in [-0.05, 0) is 47.0 Å². The fraction of sp³-hybridized carbons (Fsp3) is 0.429. The summed E-state index contributed by atoms with van der Waals surface area (Å²) in [6.45, 7) is 0.809. The number of aliphatic hydroxyl groups is 1. The lowest BCUT2D eigenvalue weighted by Crippen LogP contribution is -2.46. The van der Waals surface area contributed by atoms with E-state index in [1.54, 1.807) is 13.2 Å². The van der Waals surface area contributed by atoms with Crippen molar-refractivity contribution in [1.82, 2.24) is 5.32 Å². The second-order valence-corrected chi connectivity index (χ2v) is 5.68. The summed E-state index contributed by atoms with van der Waals surface area (Å²) in [5, 5.41) is 20.6. The third-order valence-corrected chi connectivity index (χ3v) is 3.57. The molecule has 1 rings (SSSR count). The monoisotopic (exact) mass is 359 g/mol. The third kappa shape index (κ3) is 5.35. The Morgan fingerprint density at radius 1 is 1.43 bits per heavy atom. The molecule has 0 bridgehead atoms. The molecule has 0 spiro atoms. The van der Waals surface area contributed by atoms with E-state index in [4.69, 9.17) is 9.84 Å². The minimum Gasteiger partial charge on any atom is -0.496 e. The first kappa shape index (κ1) is 17.5.